The minimum Gasteiger partial charge on any atom is -0.326 e. The van der Waals surface area contributed by atoms with Crippen molar-refractivity contribution in [2.45, 2.75) is 78.1 Å². The smallest absolute Gasteiger partial charge is 0.267 e. The Balaban J connectivity index is 1.18. The zero-order valence-corrected chi connectivity index (χ0v) is 29.5. The van der Waals surface area contributed by atoms with Crippen molar-refractivity contribution in [1.82, 2.24) is 9.80 Å². The topological polar surface area (TPSA) is 98.8 Å². The summed E-state index contributed by atoms with van der Waals surface area (Å²) >= 11 is 13.3. The Hall–Kier alpha value is -3.06. The number of hydrogen-bond donors (Lipinski definition) is 2. The lowest BCUT2D eigenvalue weighted by atomic mass is 10.1. The first-order valence-electron chi connectivity index (χ1n) is 15.8. The maximum atomic E-state index is 13.3. The number of thiocarbonyl (C=S) groups is 2. The molecule has 2 aromatic rings. The van der Waals surface area contributed by atoms with Crippen molar-refractivity contribution in [2.24, 2.45) is 0 Å². The lowest BCUT2D eigenvalue weighted by Crippen LogP contribution is -2.31. The molecule has 0 saturated carbocycles. The van der Waals surface area contributed by atoms with E-state index in [0.717, 1.165) is 71.7 Å². The van der Waals surface area contributed by atoms with Crippen LogP contribution in [0.15, 0.2) is 58.3 Å². The molecular weight excluding hydrogens is 657 g/mol. The van der Waals surface area contributed by atoms with Crippen LogP contribution in [0.3, 0.4) is 0 Å². The van der Waals surface area contributed by atoms with Crippen LogP contribution in [0.1, 0.15) is 76.3 Å². The molecule has 0 unspecified atom stereocenters. The average Bonchev–Trinajstić information content (AvgIpc) is 3.49. The number of nitrogens with one attached hydrogen (secondary N) is 2. The van der Waals surface area contributed by atoms with Crippen molar-refractivity contribution < 1.29 is 19.2 Å². The molecule has 0 radical (unpaired) electrons. The summed E-state index contributed by atoms with van der Waals surface area (Å²) in [6.07, 6.45) is 6.83. The number of carbonyl (C=O) groups excluding carboxylic acids is 4. The molecule has 2 aliphatic heterocycles. The van der Waals surface area contributed by atoms with Gasteiger partial charge in [0.2, 0.25) is 11.8 Å². The average molecular weight is 697 g/mol. The van der Waals surface area contributed by atoms with Crippen molar-refractivity contribution >= 4 is 91.6 Å². The third-order valence-corrected chi connectivity index (χ3v) is 10.8. The predicted molar refractivity (Wildman–Crippen MR) is 197 cm³/mol. The largest absolute Gasteiger partial charge is 0.326 e. The van der Waals surface area contributed by atoms with E-state index in [1.54, 1.807) is 9.80 Å². The van der Waals surface area contributed by atoms with Gasteiger partial charge in [0.25, 0.3) is 11.8 Å². The minimum absolute atomic E-state index is 0.0207. The second kappa shape index (κ2) is 17.7. The van der Waals surface area contributed by atoms with Crippen molar-refractivity contribution in [3.8, 4) is 0 Å². The van der Waals surface area contributed by atoms with E-state index in [1.165, 1.54) is 0 Å². The number of unbranched alkanes of at least 4 members (excludes halogenated alkanes) is 4. The van der Waals surface area contributed by atoms with Crippen LogP contribution < -0.4 is 10.6 Å². The van der Waals surface area contributed by atoms with Crippen molar-refractivity contribution in [3.05, 3.63) is 69.5 Å². The van der Waals surface area contributed by atoms with Gasteiger partial charge in [-0.1, -0.05) is 111 Å². The molecule has 2 saturated heterocycles. The van der Waals surface area contributed by atoms with Gasteiger partial charge in [0.15, 0.2) is 0 Å². The number of amides is 4. The number of thioether (sulfide) groups is 2. The van der Waals surface area contributed by atoms with Crippen LogP contribution in [0.25, 0.3) is 0 Å². The summed E-state index contributed by atoms with van der Waals surface area (Å²) in [5.74, 6) is -0.569. The highest BCUT2D eigenvalue weighted by Crippen LogP contribution is 2.42. The normalized spacial score (nSPS) is 16.5. The molecule has 0 aromatic heterocycles. The minimum atomic E-state index is -0.264. The van der Waals surface area contributed by atoms with Gasteiger partial charge >= 0.3 is 0 Å². The quantitative estimate of drug-likeness (QED) is 0.106. The molecule has 2 aliphatic rings. The van der Waals surface area contributed by atoms with Gasteiger partial charge in [0, 0.05) is 37.3 Å². The molecule has 0 spiro atoms. The highest BCUT2D eigenvalue weighted by Gasteiger charge is 2.41. The fourth-order valence-corrected chi connectivity index (χ4v) is 8.02. The number of hydrogen-bond acceptors (Lipinski definition) is 8. The number of rotatable bonds is 16. The molecule has 2 N–H and O–H groups in total. The molecule has 46 heavy (non-hydrogen) atoms. The number of nitrogens with zero attached hydrogens (tertiary/aromatic N) is 2. The number of anilines is 2. The number of carbonyl (C=O) groups is 4. The summed E-state index contributed by atoms with van der Waals surface area (Å²) in [5, 5.41) is 5.98. The number of para-hydroxylation sites is 2. The van der Waals surface area contributed by atoms with Crippen LogP contribution in [-0.2, 0) is 32.0 Å². The highest BCUT2D eigenvalue weighted by molar-refractivity contribution is 8.29. The molecule has 2 aromatic carbocycles. The number of aryl methyl sites for hydroxylation is 2. The molecule has 4 amide bonds. The Labute approximate surface area is 290 Å². The molecular formula is C34H40N4O4S4. The van der Waals surface area contributed by atoms with Crippen LogP contribution in [0.4, 0.5) is 11.4 Å². The van der Waals surface area contributed by atoms with Crippen molar-refractivity contribution in [3.63, 3.8) is 0 Å². The first-order chi connectivity index (χ1) is 22.2. The van der Waals surface area contributed by atoms with Gasteiger partial charge in [-0.25, -0.2) is 0 Å². The Morgan fingerprint density at radius 1 is 0.630 bits per heavy atom. The lowest BCUT2D eigenvalue weighted by Gasteiger charge is -2.15. The highest BCUT2D eigenvalue weighted by atomic mass is 32.2. The van der Waals surface area contributed by atoms with Gasteiger partial charge in [-0.15, -0.1) is 0 Å². The van der Waals surface area contributed by atoms with Gasteiger partial charge in [-0.3, -0.25) is 29.0 Å². The fourth-order valence-electron chi connectivity index (χ4n) is 5.25. The molecule has 2 heterocycles. The molecule has 8 nitrogen and oxygen atoms in total. The van der Waals surface area contributed by atoms with Crippen LogP contribution in [-0.4, -0.2) is 55.2 Å². The summed E-state index contributed by atoms with van der Waals surface area (Å²) in [6, 6.07) is 15.6. The molecule has 12 heteroatoms. The third kappa shape index (κ3) is 9.49. The van der Waals surface area contributed by atoms with Gasteiger partial charge in [0.05, 0.1) is 9.81 Å². The van der Waals surface area contributed by atoms with Crippen LogP contribution in [0.5, 0.6) is 0 Å². The Bertz CT molecular complexity index is 1410. The summed E-state index contributed by atoms with van der Waals surface area (Å²) in [4.78, 5) is 55.1. The van der Waals surface area contributed by atoms with E-state index in [9.17, 15) is 19.2 Å². The van der Waals surface area contributed by atoms with E-state index < -0.39 is 0 Å². The van der Waals surface area contributed by atoms with Crippen molar-refractivity contribution in [2.75, 3.05) is 23.7 Å². The standard InChI is InChI=1S/C34H40N4O4S4/c1-3-23-15-9-11-17-25(23)35-27(39)19-7-5-13-21-37-31(41)29(45-33(37)43)30-32(42)38(34(44)46-30)22-14-6-8-20-28(40)36-26-18-12-10-16-24(26)4-2/h9-12,15-18H,3-8,13-14,19-22H2,1-2H3,(H,35,39)(H,36,40). The molecule has 2 fully saturated rings. The van der Waals surface area contributed by atoms with Gasteiger partial charge in [0.1, 0.15) is 8.64 Å². The fraction of sp³-hybridized carbons (Fsp3) is 0.412. The lowest BCUT2D eigenvalue weighted by molar-refractivity contribution is -0.124. The molecule has 0 bridgehead atoms. The Morgan fingerprint density at radius 3 is 1.41 bits per heavy atom. The third-order valence-electron chi connectivity index (χ3n) is 7.82. The molecule has 4 rings (SSSR count). The molecule has 0 aliphatic carbocycles. The van der Waals surface area contributed by atoms with Gasteiger partial charge in [-0.2, -0.15) is 0 Å². The monoisotopic (exact) mass is 696 g/mol. The first kappa shape index (κ1) is 35.8. The van der Waals surface area contributed by atoms with Gasteiger partial charge < -0.3 is 10.6 Å². The van der Waals surface area contributed by atoms with E-state index in [2.05, 4.69) is 24.5 Å². The zero-order chi connectivity index (χ0) is 33.1. The van der Waals surface area contributed by atoms with Crippen LogP contribution in [0.2, 0.25) is 0 Å². The predicted octanol–water partition coefficient (Wildman–Crippen LogP) is 7.44. The maximum absolute atomic E-state index is 13.3. The zero-order valence-electron chi connectivity index (χ0n) is 26.3. The summed E-state index contributed by atoms with van der Waals surface area (Å²) in [5.41, 5.74) is 3.92. The van der Waals surface area contributed by atoms with E-state index in [1.807, 2.05) is 48.5 Å². The van der Waals surface area contributed by atoms with Gasteiger partial charge in [-0.05, 0) is 61.8 Å². The van der Waals surface area contributed by atoms with Crippen molar-refractivity contribution in [1.29, 1.82) is 0 Å². The maximum Gasteiger partial charge on any atom is 0.267 e. The van der Waals surface area contributed by atoms with E-state index in [4.69, 9.17) is 24.4 Å². The van der Waals surface area contributed by atoms with E-state index >= 15 is 0 Å². The van der Waals surface area contributed by atoms with Crippen LogP contribution in [0, 0.1) is 0 Å². The second-order valence-electron chi connectivity index (χ2n) is 11.0. The number of benzene rings is 2. The van der Waals surface area contributed by atoms with E-state index in [-0.39, 0.29) is 23.6 Å². The summed E-state index contributed by atoms with van der Waals surface area (Å²) < 4.78 is 0.859. The molecule has 244 valence electrons. The van der Waals surface area contributed by atoms with Crippen LogP contribution >= 0.6 is 48.0 Å². The first-order valence-corrected chi connectivity index (χ1v) is 18.3. The van der Waals surface area contributed by atoms with E-state index in [0.29, 0.717) is 70.1 Å². The molecule has 0 atom stereocenters. The Kier molecular flexibility index (Phi) is 13.8. The Morgan fingerprint density at radius 2 is 1.02 bits per heavy atom. The SMILES string of the molecule is CCc1ccccc1NC(=O)CCCCCN1C(=O)C(=C2SC(=S)N(CCCCCC(=O)Nc3ccccc3CC)C2=O)SC1=S. The summed E-state index contributed by atoms with van der Waals surface area (Å²) in [7, 11) is 0. The summed E-state index contributed by atoms with van der Waals surface area (Å²) in [6.45, 7) is 4.99. The second-order valence-corrected chi connectivity index (χ2v) is 14.3.